The fourth-order valence-corrected chi connectivity index (χ4v) is 4.25. The van der Waals surface area contributed by atoms with Crippen molar-refractivity contribution >= 4 is 0 Å². The van der Waals surface area contributed by atoms with E-state index in [-0.39, 0.29) is 30.5 Å². The quantitative estimate of drug-likeness (QED) is 0.556. The second kappa shape index (κ2) is 10.9. The second-order valence-electron chi connectivity index (χ2n) is 9.57. The highest BCUT2D eigenvalue weighted by Gasteiger charge is 2.51. The van der Waals surface area contributed by atoms with Crippen molar-refractivity contribution in [2.75, 3.05) is 19.8 Å². The molecule has 0 aromatic heterocycles. The lowest BCUT2D eigenvalue weighted by atomic mass is 9.90. The number of hydrogen-bond acceptors (Lipinski definition) is 5. The van der Waals surface area contributed by atoms with Gasteiger partial charge in [-0.1, -0.05) is 88.4 Å². The van der Waals surface area contributed by atoms with E-state index in [0.29, 0.717) is 31.7 Å². The van der Waals surface area contributed by atoms with Crippen LogP contribution in [0.4, 0.5) is 0 Å². The van der Waals surface area contributed by atoms with Gasteiger partial charge >= 0.3 is 0 Å². The minimum atomic E-state index is -0.440. The number of hydrogen-bond donors (Lipinski definition) is 0. The topological polar surface area (TPSA) is 46.2 Å². The number of rotatable bonds is 8. The molecule has 174 valence electrons. The highest BCUT2D eigenvalue weighted by atomic mass is 16.7. The Kier molecular flexibility index (Phi) is 7.98. The molecule has 2 heterocycles. The van der Waals surface area contributed by atoms with E-state index in [1.807, 2.05) is 48.5 Å². The molecule has 0 saturated carbocycles. The first-order chi connectivity index (χ1) is 15.5. The van der Waals surface area contributed by atoms with Crippen molar-refractivity contribution in [3.63, 3.8) is 0 Å². The summed E-state index contributed by atoms with van der Waals surface area (Å²) in [7, 11) is 0. The molecule has 32 heavy (non-hydrogen) atoms. The molecule has 2 aliphatic rings. The fourth-order valence-electron chi connectivity index (χ4n) is 4.25. The number of benzene rings is 2. The van der Waals surface area contributed by atoms with Crippen LogP contribution in [0, 0.1) is 11.8 Å². The number of ether oxygens (including phenoxy) is 5. The lowest BCUT2D eigenvalue weighted by Crippen LogP contribution is -2.60. The predicted octanol–water partition coefficient (Wildman–Crippen LogP) is 5.32. The van der Waals surface area contributed by atoms with Crippen molar-refractivity contribution in [2.45, 2.75) is 64.5 Å². The van der Waals surface area contributed by atoms with Crippen LogP contribution in [0.3, 0.4) is 0 Å². The third-order valence-electron chi connectivity index (χ3n) is 5.77. The minimum absolute atomic E-state index is 0.226. The van der Waals surface area contributed by atoms with Gasteiger partial charge in [-0.15, -0.1) is 0 Å². The Hall–Kier alpha value is -1.76. The van der Waals surface area contributed by atoms with Crippen LogP contribution in [0.1, 0.15) is 51.2 Å². The lowest BCUT2D eigenvalue weighted by Gasteiger charge is -2.49. The summed E-state index contributed by atoms with van der Waals surface area (Å²) < 4.78 is 32.1. The molecule has 5 nitrogen and oxygen atoms in total. The van der Waals surface area contributed by atoms with E-state index in [0.717, 1.165) is 11.1 Å². The fraction of sp³-hybridized carbons (Fsp3) is 0.556. The molecule has 0 spiro atoms. The molecule has 2 aromatic rings. The largest absolute Gasteiger partial charge is 0.372 e. The first-order valence-electron chi connectivity index (χ1n) is 11.8. The lowest BCUT2D eigenvalue weighted by molar-refractivity contribution is -0.340. The maximum Gasteiger partial charge on any atom is 0.184 e. The first kappa shape index (κ1) is 23.4. The molecular formula is C27H36O5. The summed E-state index contributed by atoms with van der Waals surface area (Å²) in [4.78, 5) is 0. The molecular weight excluding hydrogens is 404 g/mol. The van der Waals surface area contributed by atoms with Gasteiger partial charge in [0.25, 0.3) is 0 Å². The van der Waals surface area contributed by atoms with Crippen LogP contribution < -0.4 is 0 Å². The van der Waals surface area contributed by atoms with Crippen molar-refractivity contribution in [1.29, 1.82) is 0 Å². The van der Waals surface area contributed by atoms with Crippen LogP contribution in [-0.2, 0) is 23.7 Å². The van der Waals surface area contributed by atoms with E-state index in [9.17, 15) is 0 Å². The highest BCUT2D eigenvalue weighted by Crippen LogP contribution is 2.41. The monoisotopic (exact) mass is 440 g/mol. The van der Waals surface area contributed by atoms with Gasteiger partial charge in [-0.3, -0.25) is 0 Å². The van der Waals surface area contributed by atoms with Crippen LogP contribution in [0.25, 0.3) is 0 Å². The van der Waals surface area contributed by atoms with Gasteiger partial charge in [-0.25, -0.2) is 0 Å². The Morgan fingerprint density at radius 3 is 1.91 bits per heavy atom. The molecule has 0 N–H and O–H groups in total. The maximum atomic E-state index is 6.59. The van der Waals surface area contributed by atoms with Crippen LogP contribution in [0.15, 0.2) is 60.7 Å². The Morgan fingerprint density at radius 1 is 0.750 bits per heavy atom. The number of fused-ring (bicyclic) bond motifs is 1. The average molecular weight is 441 g/mol. The van der Waals surface area contributed by atoms with Crippen LogP contribution in [0.5, 0.6) is 0 Å². The normalized spacial score (nSPS) is 30.4. The van der Waals surface area contributed by atoms with Gasteiger partial charge in [0.15, 0.2) is 6.29 Å². The molecule has 0 amide bonds. The standard InChI is InChI=1S/C27H36O5/c1-18(2)15-28-25-23(20-11-7-5-8-12-20)31-22-17-30-27(21-13-9-6-10-14-21)32-24(22)26(25)29-16-19(3)4/h5-14,18-19,22-27H,15-17H2,1-4H3/t22-,23+,24-,25+,26+,27?/m1/s1. The molecule has 6 atom stereocenters. The maximum absolute atomic E-state index is 6.59. The van der Waals surface area contributed by atoms with Gasteiger partial charge in [0.1, 0.15) is 30.5 Å². The molecule has 0 aliphatic carbocycles. The van der Waals surface area contributed by atoms with Gasteiger partial charge in [0.05, 0.1) is 6.61 Å². The third kappa shape index (κ3) is 5.59. The third-order valence-corrected chi connectivity index (χ3v) is 5.77. The molecule has 2 aromatic carbocycles. The van der Waals surface area contributed by atoms with E-state index in [4.69, 9.17) is 23.7 Å². The zero-order valence-corrected chi connectivity index (χ0v) is 19.6. The predicted molar refractivity (Wildman–Crippen MR) is 123 cm³/mol. The van der Waals surface area contributed by atoms with Crippen molar-refractivity contribution in [3.05, 3.63) is 71.8 Å². The van der Waals surface area contributed by atoms with Crippen molar-refractivity contribution in [1.82, 2.24) is 0 Å². The summed E-state index contributed by atoms with van der Waals surface area (Å²) in [5, 5.41) is 0. The molecule has 0 radical (unpaired) electrons. The van der Waals surface area contributed by atoms with Crippen molar-refractivity contribution in [2.24, 2.45) is 11.8 Å². The van der Waals surface area contributed by atoms with E-state index >= 15 is 0 Å². The highest BCUT2D eigenvalue weighted by molar-refractivity contribution is 5.21. The van der Waals surface area contributed by atoms with E-state index in [1.165, 1.54) is 0 Å². The summed E-state index contributed by atoms with van der Waals surface area (Å²) in [5.41, 5.74) is 2.08. The van der Waals surface area contributed by atoms with Gasteiger partial charge < -0.3 is 23.7 Å². The van der Waals surface area contributed by atoms with E-state index in [2.05, 4.69) is 39.8 Å². The molecule has 2 saturated heterocycles. The Balaban J connectivity index is 1.63. The molecule has 5 heteroatoms. The smallest absolute Gasteiger partial charge is 0.184 e. The molecule has 2 fully saturated rings. The average Bonchev–Trinajstić information content (AvgIpc) is 2.81. The van der Waals surface area contributed by atoms with Gasteiger partial charge in [0, 0.05) is 18.8 Å². The van der Waals surface area contributed by atoms with Crippen molar-refractivity contribution in [3.8, 4) is 0 Å². The Bertz CT molecular complexity index is 809. The molecule has 4 rings (SSSR count). The van der Waals surface area contributed by atoms with Gasteiger partial charge in [-0.2, -0.15) is 0 Å². The Labute approximate surface area is 192 Å². The van der Waals surface area contributed by atoms with Crippen LogP contribution in [0.2, 0.25) is 0 Å². The van der Waals surface area contributed by atoms with Crippen LogP contribution >= 0.6 is 0 Å². The second-order valence-corrected chi connectivity index (χ2v) is 9.57. The summed E-state index contributed by atoms with van der Waals surface area (Å²) in [6.07, 6.45) is -1.70. The first-order valence-corrected chi connectivity index (χ1v) is 11.8. The van der Waals surface area contributed by atoms with E-state index in [1.54, 1.807) is 0 Å². The zero-order valence-electron chi connectivity index (χ0n) is 19.6. The molecule has 0 bridgehead atoms. The molecule has 1 unspecified atom stereocenters. The van der Waals surface area contributed by atoms with E-state index < -0.39 is 6.29 Å². The van der Waals surface area contributed by atoms with Crippen LogP contribution in [-0.4, -0.2) is 44.2 Å². The summed E-state index contributed by atoms with van der Waals surface area (Å²) in [5.74, 6) is 0.810. The summed E-state index contributed by atoms with van der Waals surface area (Å²) in [6, 6.07) is 20.3. The summed E-state index contributed by atoms with van der Waals surface area (Å²) >= 11 is 0. The SMILES string of the molecule is CC(C)CO[C@@H]1[C@@H](OCC(C)C)[C@H](c2ccccc2)O[C@@H]2COC(c3ccccc3)O[C@@H]12. The van der Waals surface area contributed by atoms with Crippen molar-refractivity contribution < 1.29 is 23.7 Å². The molecule has 2 aliphatic heterocycles. The Morgan fingerprint density at radius 2 is 1.31 bits per heavy atom. The minimum Gasteiger partial charge on any atom is -0.372 e. The zero-order chi connectivity index (χ0) is 22.5. The summed E-state index contributed by atoms with van der Waals surface area (Å²) in [6.45, 7) is 10.4. The van der Waals surface area contributed by atoms with Gasteiger partial charge in [-0.05, 0) is 17.4 Å². The van der Waals surface area contributed by atoms with Gasteiger partial charge in [0.2, 0.25) is 0 Å².